The Morgan fingerprint density at radius 3 is 2.44 bits per heavy atom. The Morgan fingerprint density at radius 1 is 1.17 bits per heavy atom. The molecule has 18 heavy (non-hydrogen) atoms. The zero-order valence-corrected chi connectivity index (χ0v) is 12.2. The van der Waals surface area contributed by atoms with Gasteiger partial charge in [-0.2, -0.15) is 0 Å². The number of rotatable bonds is 1. The van der Waals surface area contributed by atoms with Gasteiger partial charge in [-0.1, -0.05) is 57.9 Å². The maximum absolute atomic E-state index is 11.3. The van der Waals surface area contributed by atoms with E-state index in [0.717, 1.165) is 24.8 Å². The maximum Gasteiger partial charge on any atom is 0.0932 e. The van der Waals surface area contributed by atoms with E-state index in [1.54, 1.807) is 0 Å². The van der Waals surface area contributed by atoms with Crippen molar-refractivity contribution in [2.75, 3.05) is 0 Å². The number of benzene rings is 1. The van der Waals surface area contributed by atoms with Gasteiger partial charge in [0.2, 0.25) is 0 Å². The highest BCUT2D eigenvalue weighted by atomic mass is 16.3. The molecule has 0 spiro atoms. The van der Waals surface area contributed by atoms with Gasteiger partial charge in [0.1, 0.15) is 0 Å². The first-order valence-electron chi connectivity index (χ1n) is 7.14. The lowest BCUT2D eigenvalue weighted by atomic mass is 9.61. The van der Waals surface area contributed by atoms with E-state index in [2.05, 4.69) is 52.0 Å². The number of aliphatic hydroxyl groups is 1. The first-order valence-corrected chi connectivity index (χ1v) is 7.14. The van der Waals surface area contributed by atoms with Gasteiger partial charge in [0.15, 0.2) is 0 Å². The molecule has 1 aliphatic carbocycles. The third-order valence-electron chi connectivity index (χ3n) is 4.53. The fourth-order valence-corrected chi connectivity index (χ4v) is 3.69. The first-order chi connectivity index (χ1) is 8.36. The predicted octanol–water partition coefficient (Wildman–Crippen LogP) is 4.42. The fourth-order valence-electron chi connectivity index (χ4n) is 3.69. The molecule has 1 aliphatic rings. The third kappa shape index (κ3) is 2.33. The van der Waals surface area contributed by atoms with E-state index in [4.69, 9.17) is 0 Å². The normalized spacial score (nSPS) is 29.3. The Hall–Kier alpha value is -0.820. The zero-order valence-electron chi connectivity index (χ0n) is 12.2. The topological polar surface area (TPSA) is 20.2 Å². The lowest BCUT2D eigenvalue weighted by Crippen LogP contribution is -2.45. The molecule has 0 bridgehead atoms. The third-order valence-corrected chi connectivity index (χ3v) is 4.53. The van der Waals surface area contributed by atoms with Crippen molar-refractivity contribution in [3.8, 4) is 0 Å². The van der Waals surface area contributed by atoms with E-state index in [0.29, 0.717) is 5.92 Å². The second-order valence-corrected chi connectivity index (χ2v) is 6.90. The molecule has 2 unspecified atom stereocenters. The monoisotopic (exact) mass is 246 g/mol. The molecule has 0 aliphatic heterocycles. The van der Waals surface area contributed by atoms with Gasteiger partial charge < -0.3 is 5.11 Å². The summed E-state index contributed by atoms with van der Waals surface area (Å²) in [6.45, 7) is 8.88. The van der Waals surface area contributed by atoms with Crippen LogP contribution in [0.1, 0.15) is 57.6 Å². The maximum atomic E-state index is 11.3. The van der Waals surface area contributed by atoms with Crippen LogP contribution in [-0.2, 0) is 5.60 Å². The highest BCUT2D eigenvalue weighted by Gasteiger charge is 2.46. The highest BCUT2D eigenvalue weighted by Crippen LogP contribution is 2.50. The molecule has 100 valence electrons. The molecule has 2 atom stereocenters. The molecule has 0 heterocycles. The molecule has 1 aromatic carbocycles. The second kappa shape index (κ2) is 4.70. The van der Waals surface area contributed by atoms with Crippen LogP contribution in [0.3, 0.4) is 0 Å². The quantitative estimate of drug-likeness (QED) is 0.777. The van der Waals surface area contributed by atoms with Gasteiger partial charge in [-0.3, -0.25) is 0 Å². The SMILES string of the molecule is Cc1ccccc1C1(O)CCCCC1C(C)(C)C. The summed E-state index contributed by atoms with van der Waals surface area (Å²) in [4.78, 5) is 0. The van der Waals surface area contributed by atoms with Crippen LogP contribution in [0.25, 0.3) is 0 Å². The van der Waals surface area contributed by atoms with Crippen LogP contribution in [0.4, 0.5) is 0 Å². The molecular weight excluding hydrogens is 220 g/mol. The van der Waals surface area contributed by atoms with Crippen molar-refractivity contribution in [3.05, 3.63) is 35.4 Å². The van der Waals surface area contributed by atoms with E-state index in [9.17, 15) is 5.11 Å². The molecule has 0 amide bonds. The molecule has 1 N–H and O–H groups in total. The summed E-state index contributed by atoms with van der Waals surface area (Å²) in [5.41, 5.74) is 1.88. The molecule has 1 heteroatoms. The van der Waals surface area contributed by atoms with Crippen molar-refractivity contribution in [1.29, 1.82) is 0 Å². The summed E-state index contributed by atoms with van der Waals surface area (Å²) in [5, 5.41) is 11.3. The first kappa shape index (κ1) is 13.6. The van der Waals surface area contributed by atoms with Crippen LogP contribution in [0.5, 0.6) is 0 Å². The number of aryl methyl sites for hydroxylation is 1. The molecule has 2 rings (SSSR count). The minimum Gasteiger partial charge on any atom is -0.385 e. The van der Waals surface area contributed by atoms with Gasteiger partial charge in [-0.15, -0.1) is 0 Å². The van der Waals surface area contributed by atoms with Crippen molar-refractivity contribution in [3.63, 3.8) is 0 Å². The standard InChI is InChI=1S/C17H26O/c1-13-9-5-6-10-14(13)17(18)12-8-7-11-15(17)16(2,3)4/h5-6,9-10,15,18H,7-8,11-12H2,1-4H3. The van der Waals surface area contributed by atoms with Gasteiger partial charge >= 0.3 is 0 Å². The summed E-state index contributed by atoms with van der Waals surface area (Å²) in [6.07, 6.45) is 4.42. The molecule has 1 fully saturated rings. The van der Waals surface area contributed by atoms with Gasteiger partial charge in [-0.05, 0) is 42.2 Å². The molecule has 0 radical (unpaired) electrons. The molecule has 1 nitrogen and oxygen atoms in total. The van der Waals surface area contributed by atoms with Gasteiger partial charge in [0, 0.05) is 0 Å². The zero-order chi connectivity index (χ0) is 13.4. The van der Waals surface area contributed by atoms with Crippen molar-refractivity contribution in [2.45, 2.75) is 59.0 Å². The van der Waals surface area contributed by atoms with E-state index >= 15 is 0 Å². The van der Waals surface area contributed by atoms with Crippen molar-refractivity contribution in [2.24, 2.45) is 11.3 Å². The van der Waals surface area contributed by atoms with Gasteiger partial charge in [0.25, 0.3) is 0 Å². The second-order valence-electron chi connectivity index (χ2n) is 6.90. The summed E-state index contributed by atoms with van der Waals surface area (Å²) in [7, 11) is 0. The molecule has 1 aromatic rings. The molecule has 1 saturated carbocycles. The highest BCUT2D eigenvalue weighted by molar-refractivity contribution is 5.32. The summed E-state index contributed by atoms with van der Waals surface area (Å²) >= 11 is 0. The lowest BCUT2D eigenvalue weighted by molar-refractivity contribution is -0.0963. The Morgan fingerprint density at radius 2 is 1.83 bits per heavy atom. The van der Waals surface area contributed by atoms with E-state index in [1.807, 2.05) is 0 Å². The fraction of sp³-hybridized carbons (Fsp3) is 0.647. The summed E-state index contributed by atoms with van der Waals surface area (Å²) in [6, 6.07) is 8.33. The molecule has 0 saturated heterocycles. The Kier molecular flexibility index (Phi) is 3.55. The van der Waals surface area contributed by atoms with Crippen LogP contribution in [-0.4, -0.2) is 5.11 Å². The van der Waals surface area contributed by atoms with Crippen molar-refractivity contribution < 1.29 is 5.11 Å². The minimum absolute atomic E-state index is 0.150. The smallest absolute Gasteiger partial charge is 0.0932 e. The Labute approximate surface area is 111 Å². The van der Waals surface area contributed by atoms with Crippen molar-refractivity contribution in [1.82, 2.24) is 0 Å². The lowest BCUT2D eigenvalue weighted by Gasteiger charge is -2.47. The van der Waals surface area contributed by atoms with E-state index < -0.39 is 5.60 Å². The average Bonchev–Trinajstić information content (AvgIpc) is 2.28. The van der Waals surface area contributed by atoms with Crippen LogP contribution >= 0.6 is 0 Å². The largest absolute Gasteiger partial charge is 0.385 e. The molecule has 0 aromatic heterocycles. The predicted molar refractivity (Wildman–Crippen MR) is 76.5 cm³/mol. The van der Waals surface area contributed by atoms with Crippen LogP contribution < -0.4 is 0 Å². The Balaban J connectivity index is 2.46. The van der Waals surface area contributed by atoms with Crippen LogP contribution in [0, 0.1) is 18.3 Å². The van der Waals surface area contributed by atoms with E-state index in [1.165, 1.54) is 12.0 Å². The van der Waals surface area contributed by atoms with Crippen LogP contribution in [0.2, 0.25) is 0 Å². The van der Waals surface area contributed by atoms with E-state index in [-0.39, 0.29) is 5.41 Å². The average molecular weight is 246 g/mol. The Bertz CT molecular complexity index is 416. The molecular formula is C17H26O. The summed E-state index contributed by atoms with van der Waals surface area (Å²) < 4.78 is 0. The van der Waals surface area contributed by atoms with Gasteiger partial charge in [0.05, 0.1) is 5.60 Å². The number of hydrogen-bond acceptors (Lipinski definition) is 1. The minimum atomic E-state index is -0.637. The van der Waals surface area contributed by atoms with Crippen LogP contribution in [0.15, 0.2) is 24.3 Å². The van der Waals surface area contributed by atoms with Crippen molar-refractivity contribution >= 4 is 0 Å². The summed E-state index contributed by atoms with van der Waals surface area (Å²) in [5.74, 6) is 0.347. The number of hydrogen-bond donors (Lipinski definition) is 1. The van der Waals surface area contributed by atoms with Gasteiger partial charge in [-0.25, -0.2) is 0 Å².